The minimum Gasteiger partial charge on any atom is -0.494 e. The van der Waals surface area contributed by atoms with Gasteiger partial charge in [-0.1, -0.05) is 12.1 Å². The van der Waals surface area contributed by atoms with Crippen molar-refractivity contribution >= 4 is 44.6 Å². The van der Waals surface area contributed by atoms with Gasteiger partial charge in [0.1, 0.15) is 11.4 Å². The van der Waals surface area contributed by atoms with Gasteiger partial charge in [-0.05, 0) is 69.3 Å². The van der Waals surface area contributed by atoms with Crippen molar-refractivity contribution in [3.8, 4) is 5.75 Å². The molecule has 158 valence electrons. The molecule has 0 bridgehead atoms. The zero-order chi connectivity index (χ0) is 21.8. The number of hydrogen-bond acceptors (Lipinski definition) is 6. The van der Waals surface area contributed by atoms with E-state index in [0.717, 1.165) is 57.7 Å². The molecule has 0 amide bonds. The Balaban J connectivity index is 1.72. The average Bonchev–Trinajstić information content (AvgIpc) is 2.80. The number of para-hydroxylation sites is 1. The van der Waals surface area contributed by atoms with Crippen LogP contribution < -0.4 is 15.4 Å². The summed E-state index contributed by atoms with van der Waals surface area (Å²) < 4.78 is 5.60. The van der Waals surface area contributed by atoms with Crippen molar-refractivity contribution in [2.75, 3.05) is 30.3 Å². The van der Waals surface area contributed by atoms with Crippen LogP contribution in [0.1, 0.15) is 20.8 Å². The molecule has 0 saturated carbocycles. The number of hydrogen-bond donors (Lipinski definition) is 1. The second-order valence-corrected chi connectivity index (χ2v) is 7.20. The second kappa shape index (κ2) is 9.00. The number of fused-ring (bicyclic) bond motifs is 2. The first-order valence-corrected chi connectivity index (χ1v) is 10.7. The van der Waals surface area contributed by atoms with Crippen LogP contribution in [0.5, 0.6) is 5.75 Å². The molecule has 1 aromatic heterocycles. The van der Waals surface area contributed by atoms with E-state index in [1.54, 1.807) is 0 Å². The topological polar surface area (TPSA) is 76.1 Å². The maximum atomic E-state index is 6.46. The minimum atomic E-state index is 0.609. The largest absolute Gasteiger partial charge is 0.494 e. The van der Waals surface area contributed by atoms with Gasteiger partial charge in [0.2, 0.25) is 0 Å². The van der Waals surface area contributed by atoms with Gasteiger partial charge in [-0.25, -0.2) is 4.98 Å². The molecule has 0 aliphatic carbocycles. The molecule has 0 atom stereocenters. The third-order valence-corrected chi connectivity index (χ3v) is 5.34. The molecule has 0 radical (unpaired) electrons. The van der Waals surface area contributed by atoms with Crippen molar-refractivity contribution in [3.63, 3.8) is 0 Å². The summed E-state index contributed by atoms with van der Waals surface area (Å²) in [4.78, 5) is 7.05. The van der Waals surface area contributed by atoms with Gasteiger partial charge < -0.3 is 15.4 Å². The number of anilines is 2. The Kier molecular flexibility index (Phi) is 5.98. The van der Waals surface area contributed by atoms with E-state index in [-0.39, 0.29) is 0 Å². The molecule has 0 aliphatic heterocycles. The van der Waals surface area contributed by atoms with Gasteiger partial charge in [-0.3, -0.25) is 0 Å². The molecule has 31 heavy (non-hydrogen) atoms. The Morgan fingerprint density at radius 2 is 1.68 bits per heavy atom. The Bertz CT molecular complexity index is 1250. The van der Waals surface area contributed by atoms with Crippen LogP contribution in [0, 0.1) is 0 Å². The van der Waals surface area contributed by atoms with Crippen molar-refractivity contribution in [1.29, 1.82) is 0 Å². The number of pyridine rings is 1. The average molecular weight is 414 g/mol. The Hall–Kier alpha value is -3.67. The molecule has 1 heterocycles. The second-order valence-electron chi connectivity index (χ2n) is 7.20. The van der Waals surface area contributed by atoms with E-state index in [2.05, 4.69) is 35.0 Å². The molecule has 0 spiro atoms. The monoisotopic (exact) mass is 413 g/mol. The molecule has 6 nitrogen and oxygen atoms in total. The molecule has 6 heteroatoms. The summed E-state index contributed by atoms with van der Waals surface area (Å²) in [5.74, 6) is 0.792. The van der Waals surface area contributed by atoms with E-state index in [1.165, 1.54) is 0 Å². The highest BCUT2D eigenvalue weighted by Gasteiger charge is 2.10. The summed E-state index contributed by atoms with van der Waals surface area (Å²) in [5, 5.41) is 10.8. The predicted octanol–water partition coefficient (Wildman–Crippen LogP) is 6.63. The standard InChI is InChI=1S/C25H27N5O/c1-4-30(5-2)24-10-8-7-9-22(24)29-28-17-11-13-19-23(15-17)27-21-14-12-18(31-6-3)16-20(21)25(19)26/h7-16H,4-6H2,1-3H3,(H2,26,27)/b29-28+. The molecule has 0 saturated heterocycles. The van der Waals surface area contributed by atoms with E-state index in [0.29, 0.717) is 12.3 Å². The van der Waals surface area contributed by atoms with Gasteiger partial charge in [0.25, 0.3) is 0 Å². The Morgan fingerprint density at radius 3 is 2.45 bits per heavy atom. The number of nitrogens with zero attached hydrogens (tertiary/aromatic N) is 4. The molecule has 0 fully saturated rings. The van der Waals surface area contributed by atoms with E-state index in [4.69, 9.17) is 15.5 Å². The molecular formula is C25H27N5O. The van der Waals surface area contributed by atoms with Gasteiger partial charge >= 0.3 is 0 Å². The number of rotatable bonds is 7. The fourth-order valence-electron chi connectivity index (χ4n) is 3.75. The van der Waals surface area contributed by atoms with Crippen LogP contribution in [0.4, 0.5) is 22.7 Å². The summed E-state index contributed by atoms with van der Waals surface area (Å²) in [6.07, 6.45) is 0. The van der Waals surface area contributed by atoms with Crippen LogP contribution in [0.2, 0.25) is 0 Å². The van der Waals surface area contributed by atoms with Gasteiger partial charge in [0.15, 0.2) is 0 Å². The first-order valence-electron chi connectivity index (χ1n) is 10.7. The van der Waals surface area contributed by atoms with Gasteiger partial charge in [0.05, 0.1) is 34.7 Å². The molecular weight excluding hydrogens is 386 g/mol. The van der Waals surface area contributed by atoms with Gasteiger partial charge in [0, 0.05) is 23.9 Å². The molecule has 3 aromatic carbocycles. The van der Waals surface area contributed by atoms with Crippen molar-refractivity contribution in [2.45, 2.75) is 20.8 Å². The minimum absolute atomic E-state index is 0.609. The van der Waals surface area contributed by atoms with Crippen LogP contribution >= 0.6 is 0 Å². The van der Waals surface area contributed by atoms with Crippen molar-refractivity contribution < 1.29 is 4.74 Å². The van der Waals surface area contributed by atoms with Crippen LogP contribution in [0.15, 0.2) is 70.9 Å². The van der Waals surface area contributed by atoms with Gasteiger partial charge in [-0.15, -0.1) is 5.11 Å². The van der Waals surface area contributed by atoms with Crippen molar-refractivity contribution in [2.24, 2.45) is 10.2 Å². The zero-order valence-corrected chi connectivity index (χ0v) is 18.2. The maximum Gasteiger partial charge on any atom is 0.120 e. The number of benzene rings is 3. The molecule has 0 unspecified atom stereocenters. The van der Waals surface area contributed by atoms with E-state index in [9.17, 15) is 0 Å². The fourth-order valence-corrected chi connectivity index (χ4v) is 3.75. The Labute approximate surface area is 182 Å². The lowest BCUT2D eigenvalue weighted by molar-refractivity contribution is 0.341. The molecule has 0 aliphatic rings. The molecule has 2 N–H and O–H groups in total. The smallest absolute Gasteiger partial charge is 0.120 e. The maximum absolute atomic E-state index is 6.46. The zero-order valence-electron chi connectivity index (χ0n) is 18.2. The van der Waals surface area contributed by atoms with Crippen LogP contribution in [-0.4, -0.2) is 24.7 Å². The summed E-state index contributed by atoms with van der Waals surface area (Å²) in [6, 6.07) is 19.7. The third kappa shape index (κ3) is 4.14. The summed E-state index contributed by atoms with van der Waals surface area (Å²) in [6.45, 7) is 8.68. The first-order chi connectivity index (χ1) is 15.1. The lowest BCUT2D eigenvalue weighted by Crippen LogP contribution is -2.21. The predicted molar refractivity (Wildman–Crippen MR) is 129 cm³/mol. The van der Waals surface area contributed by atoms with Crippen molar-refractivity contribution in [1.82, 2.24) is 4.98 Å². The summed E-state index contributed by atoms with van der Waals surface area (Å²) >= 11 is 0. The number of nitrogens with two attached hydrogens (primary N) is 1. The third-order valence-electron chi connectivity index (χ3n) is 5.34. The first kappa shape index (κ1) is 20.6. The van der Waals surface area contributed by atoms with Crippen LogP contribution in [0.25, 0.3) is 21.8 Å². The van der Waals surface area contributed by atoms with Gasteiger partial charge in [-0.2, -0.15) is 5.11 Å². The summed E-state index contributed by atoms with van der Waals surface area (Å²) in [5.41, 5.74) is 11.4. The van der Waals surface area contributed by atoms with E-state index < -0.39 is 0 Å². The highest BCUT2D eigenvalue weighted by atomic mass is 16.5. The highest BCUT2D eigenvalue weighted by Crippen LogP contribution is 2.34. The quantitative estimate of drug-likeness (QED) is 0.272. The lowest BCUT2D eigenvalue weighted by atomic mass is 10.1. The fraction of sp³-hybridized carbons (Fsp3) is 0.240. The lowest BCUT2D eigenvalue weighted by Gasteiger charge is -2.22. The van der Waals surface area contributed by atoms with Crippen molar-refractivity contribution in [3.05, 3.63) is 60.7 Å². The number of nitrogen functional groups attached to an aromatic ring is 1. The number of ether oxygens (including phenoxy) is 1. The van der Waals surface area contributed by atoms with E-state index >= 15 is 0 Å². The normalized spacial score (nSPS) is 11.5. The molecule has 4 aromatic rings. The Morgan fingerprint density at radius 1 is 0.871 bits per heavy atom. The SMILES string of the molecule is CCOc1ccc2nc3cc(/N=N/c4ccccc4N(CC)CC)ccc3c(N)c2c1. The van der Waals surface area contributed by atoms with Crippen LogP contribution in [0.3, 0.4) is 0 Å². The molecule has 4 rings (SSSR count). The summed E-state index contributed by atoms with van der Waals surface area (Å²) in [7, 11) is 0. The number of azo groups is 1. The van der Waals surface area contributed by atoms with Crippen LogP contribution in [-0.2, 0) is 0 Å². The number of aromatic nitrogens is 1. The highest BCUT2D eigenvalue weighted by molar-refractivity contribution is 6.07. The van der Waals surface area contributed by atoms with E-state index in [1.807, 2.05) is 61.5 Å².